The van der Waals surface area contributed by atoms with E-state index in [1.54, 1.807) is 11.0 Å². The van der Waals surface area contributed by atoms with Crippen molar-refractivity contribution in [2.75, 3.05) is 26.2 Å². The van der Waals surface area contributed by atoms with Crippen molar-refractivity contribution in [2.24, 2.45) is 0 Å². The summed E-state index contributed by atoms with van der Waals surface area (Å²) in [6.45, 7) is 4.87. The maximum Gasteiger partial charge on any atom is 0.253 e. The summed E-state index contributed by atoms with van der Waals surface area (Å²) < 4.78 is 40.3. The molecule has 1 saturated heterocycles. The van der Waals surface area contributed by atoms with Crippen molar-refractivity contribution in [1.82, 2.24) is 14.2 Å². The van der Waals surface area contributed by atoms with E-state index in [-0.39, 0.29) is 42.0 Å². The number of fused-ring (bicyclic) bond motifs is 1. The van der Waals surface area contributed by atoms with Crippen LogP contribution >= 0.6 is 11.6 Å². The fourth-order valence-corrected chi connectivity index (χ4v) is 5.39. The number of piperazine rings is 1. The number of nitrogens with one attached hydrogen (secondary N) is 1. The Kier molecular flexibility index (Phi) is 5.34. The van der Waals surface area contributed by atoms with Crippen LogP contribution in [-0.2, 0) is 10.0 Å². The first-order chi connectivity index (χ1) is 14.2. The third kappa shape index (κ3) is 3.59. The van der Waals surface area contributed by atoms with Gasteiger partial charge >= 0.3 is 0 Å². The molecule has 0 aliphatic carbocycles. The molecule has 0 spiro atoms. The molecular formula is C21H21ClFN3O3S. The molecule has 1 N–H and O–H groups in total. The first kappa shape index (κ1) is 20.8. The Morgan fingerprint density at radius 2 is 1.77 bits per heavy atom. The van der Waals surface area contributed by atoms with Gasteiger partial charge in [-0.1, -0.05) is 11.6 Å². The quantitative estimate of drug-likeness (QED) is 0.662. The van der Waals surface area contributed by atoms with Gasteiger partial charge in [0.05, 0.1) is 9.92 Å². The minimum Gasteiger partial charge on any atom is -0.358 e. The number of aryl methyl sites for hydroxylation is 2. The maximum absolute atomic E-state index is 13.4. The van der Waals surface area contributed by atoms with Crippen molar-refractivity contribution in [3.05, 3.63) is 64.1 Å². The highest BCUT2D eigenvalue weighted by molar-refractivity contribution is 7.89. The standard InChI is InChI=1S/C21H21ClFN3O3S/c1-13-14(2)24-20-6-3-15(11-17(13)20)21(27)25-7-9-26(10-8-25)30(28,29)16-4-5-19(23)18(22)12-16/h3-6,11-12,24H,7-10H2,1-2H3. The lowest BCUT2D eigenvalue weighted by Crippen LogP contribution is -2.50. The molecule has 1 aliphatic rings. The van der Waals surface area contributed by atoms with E-state index >= 15 is 0 Å². The van der Waals surface area contributed by atoms with Crippen LogP contribution in [-0.4, -0.2) is 54.7 Å². The molecule has 0 bridgehead atoms. The third-order valence-corrected chi connectivity index (χ3v) is 7.79. The van der Waals surface area contributed by atoms with E-state index in [0.717, 1.165) is 34.3 Å². The van der Waals surface area contributed by atoms with Crippen LogP contribution in [0.15, 0.2) is 41.3 Å². The van der Waals surface area contributed by atoms with Crippen molar-refractivity contribution >= 4 is 38.4 Å². The molecule has 4 rings (SSSR count). The molecule has 2 heterocycles. The monoisotopic (exact) mass is 449 g/mol. The van der Waals surface area contributed by atoms with E-state index in [0.29, 0.717) is 5.56 Å². The molecule has 0 saturated carbocycles. The fraction of sp³-hybridized carbons (Fsp3) is 0.286. The van der Waals surface area contributed by atoms with Crippen LogP contribution in [0.1, 0.15) is 21.6 Å². The molecule has 1 aliphatic heterocycles. The predicted molar refractivity (Wildman–Crippen MR) is 114 cm³/mol. The molecule has 2 aromatic carbocycles. The number of carbonyl (C=O) groups is 1. The van der Waals surface area contributed by atoms with E-state index in [9.17, 15) is 17.6 Å². The normalized spacial score (nSPS) is 15.7. The number of halogens is 2. The molecule has 30 heavy (non-hydrogen) atoms. The zero-order chi connectivity index (χ0) is 21.6. The maximum atomic E-state index is 13.4. The fourth-order valence-electron chi connectivity index (χ4n) is 3.69. The van der Waals surface area contributed by atoms with Gasteiger partial charge in [0.25, 0.3) is 5.91 Å². The number of sulfonamides is 1. The molecule has 0 atom stereocenters. The van der Waals surface area contributed by atoms with Crippen molar-refractivity contribution in [1.29, 1.82) is 0 Å². The second-order valence-electron chi connectivity index (χ2n) is 7.41. The van der Waals surface area contributed by atoms with Gasteiger partial charge in [-0.2, -0.15) is 4.31 Å². The van der Waals surface area contributed by atoms with Gasteiger partial charge in [-0.25, -0.2) is 12.8 Å². The second kappa shape index (κ2) is 7.68. The summed E-state index contributed by atoms with van der Waals surface area (Å²) in [6, 6.07) is 8.89. The third-order valence-electron chi connectivity index (χ3n) is 5.61. The van der Waals surface area contributed by atoms with E-state index < -0.39 is 15.8 Å². The lowest BCUT2D eigenvalue weighted by Gasteiger charge is -2.34. The Balaban J connectivity index is 1.49. The number of carbonyl (C=O) groups excluding carboxylic acids is 1. The molecule has 9 heteroatoms. The van der Waals surface area contributed by atoms with Gasteiger partial charge in [-0.3, -0.25) is 4.79 Å². The SMILES string of the molecule is Cc1[nH]c2ccc(C(=O)N3CCN(S(=O)(=O)c4ccc(F)c(Cl)c4)CC3)cc2c1C. The van der Waals surface area contributed by atoms with Gasteiger partial charge in [0.2, 0.25) is 10.0 Å². The lowest BCUT2D eigenvalue weighted by molar-refractivity contribution is 0.0698. The van der Waals surface area contributed by atoms with Crippen molar-refractivity contribution in [3.63, 3.8) is 0 Å². The molecule has 6 nitrogen and oxygen atoms in total. The van der Waals surface area contributed by atoms with Crippen LogP contribution in [0.25, 0.3) is 10.9 Å². The molecule has 3 aromatic rings. The highest BCUT2D eigenvalue weighted by atomic mass is 35.5. The topological polar surface area (TPSA) is 73.5 Å². The van der Waals surface area contributed by atoms with E-state index in [1.165, 1.54) is 10.4 Å². The van der Waals surface area contributed by atoms with E-state index in [2.05, 4.69) is 4.98 Å². The van der Waals surface area contributed by atoms with Gasteiger partial charge in [0.1, 0.15) is 5.82 Å². The number of H-pyrrole nitrogens is 1. The molecule has 1 fully saturated rings. The van der Waals surface area contributed by atoms with Gasteiger partial charge in [0.15, 0.2) is 0 Å². The zero-order valence-electron chi connectivity index (χ0n) is 16.6. The molecular weight excluding hydrogens is 429 g/mol. The second-order valence-corrected chi connectivity index (χ2v) is 9.75. The van der Waals surface area contributed by atoms with E-state index in [1.807, 2.05) is 26.0 Å². The number of aromatic nitrogens is 1. The van der Waals surface area contributed by atoms with Crippen LogP contribution in [0.4, 0.5) is 4.39 Å². The summed E-state index contributed by atoms with van der Waals surface area (Å²) in [7, 11) is -3.81. The van der Waals surface area contributed by atoms with Crippen LogP contribution in [0.2, 0.25) is 5.02 Å². The molecule has 1 aromatic heterocycles. The summed E-state index contributed by atoms with van der Waals surface area (Å²) in [4.78, 5) is 17.8. The highest BCUT2D eigenvalue weighted by Crippen LogP contribution is 2.25. The number of benzene rings is 2. The Bertz CT molecular complexity index is 1250. The summed E-state index contributed by atoms with van der Waals surface area (Å²) in [6.07, 6.45) is 0. The van der Waals surface area contributed by atoms with Crippen LogP contribution < -0.4 is 0 Å². The smallest absolute Gasteiger partial charge is 0.253 e. The minimum absolute atomic E-state index is 0.0579. The van der Waals surface area contributed by atoms with Gasteiger partial charge < -0.3 is 9.88 Å². The molecule has 0 radical (unpaired) electrons. The number of hydrogen-bond acceptors (Lipinski definition) is 3. The number of amides is 1. The minimum atomic E-state index is -3.81. The van der Waals surface area contributed by atoms with Crippen molar-refractivity contribution in [2.45, 2.75) is 18.7 Å². The first-order valence-electron chi connectivity index (χ1n) is 9.52. The molecule has 158 valence electrons. The zero-order valence-corrected chi connectivity index (χ0v) is 18.1. The van der Waals surface area contributed by atoms with Crippen LogP contribution in [0.5, 0.6) is 0 Å². The Morgan fingerprint density at radius 3 is 2.43 bits per heavy atom. The summed E-state index contributed by atoms with van der Waals surface area (Å²) >= 11 is 5.73. The number of rotatable bonds is 3. The average molecular weight is 450 g/mol. The number of nitrogens with zero attached hydrogens (tertiary/aromatic N) is 2. The summed E-state index contributed by atoms with van der Waals surface area (Å²) in [5.74, 6) is -0.798. The predicted octanol–water partition coefficient (Wildman–Crippen LogP) is 3.72. The Morgan fingerprint density at radius 1 is 1.07 bits per heavy atom. The Hall–Kier alpha value is -2.42. The molecule has 0 unspecified atom stereocenters. The first-order valence-corrected chi connectivity index (χ1v) is 11.3. The van der Waals surface area contributed by atoms with Crippen LogP contribution in [0.3, 0.4) is 0 Å². The lowest BCUT2D eigenvalue weighted by atomic mass is 10.1. The average Bonchev–Trinajstić information content (AvgIpc) is 3.02. The summed E-state index contributed by atoms with van der Waals surface area (Å²) in [5.41, 5.74) is 3.73. The Labute approximate surface area is 179 Å². The largest absolute Gasteiger partial charge is 0.358 e. The van der Waals surface area contributed by atoms with Gasteiger partial charge in [0, 0.05) is 48.3 Å². The van der Waals surface area contributed by atoms with Gasteiger partial charge in [-0.05, 0) is 55.8 Å². The van der Waals surface area contributed by atoms with E-state index in [4.69, 9.17) is 11.6 Å². The number of hydrogen-bond donors (Lipinski definition) is 1. The van der Waals surface area contributed by atoms with Crippen molar-refractivity contribution in [3.8, 4) is 0 Å². The van der Waals surface area contributed by atoms with Crippen molar-refractivity contribution < 1.29 is 17.6 Å². The number of aromatic amines is 1. The van der Waals surface area contributed by atoms with Gasteiger partial charge in [-0.15, -0.1) is 0 Å². The molecule has 1 amide bonds. The highest BCUT2D eigenvalue weighted by Gasteiger charge is 2.31. The summed E-state index contributed by atoms with van der Waals surface area (Å²) in [5, 5.41) is 0.767. The van der Waals surface area contributed by atoms with Crippen LogP contribution in [0, 0.1) is 19.7 Å².